The Balaban J connectivity index is 2.13. The zero-order chi connectivity index (χ0) is 20.1. The highest BCUT2D eigenvalue weighted by atomic mass is 16.6. The maximum Gasteiger partial charge on any atom is 0.338 e. The number of ketones is 1. The van der Waals surface area contributed by atoms with Crippen LogP contribution in [-0.2, 0) is 4.74 Å². The standard InChI is InChI=1S/C17H15N3O7/c1-10-3-4-11(7-14(10)19(23)24)16(21)9-27-17(22)12-5-6-13(18-2)15(8-12)20(25)26/h3-8,18H,9H2,1-2H3. The van der Waals surface area contributed by atoms with Crippen LogP contribution in [0.3, 0.4) is 0 Å². The molecule has 0 heterocycles. The fraction of sp³-hybridized carbons (Fsp3) is 0.176. The quantitative estimate of drug-likeness (QED) is 0.338. The van der Waals surface area contributed by atoms with Crippen molar-refractivity contribution in [1.82, 2.24) is 0 Å². The van der Waals surface area contributed by atoms with E-state index in [-0.39, 0.29) is 28.2 Å². The van der Waals surface area contributed by atoms with Gasteiger partial charge >= 0.3 is 5.97 Å². The molecule has 0 atom stereocenters. The minimum Gasteiger partial charge on any atom is -0.454 e. The number of nitrogens with zero attached hydrogens (tertiary/aromatic N) is 2. The van der Waals surface area contributed by atoms with Crippen molar-refractivity contribution in [2.24, 2.45) is 0 Å². The van der Waals surface area contributed by atoms with Gasteiger partial charge in [-0.25, -0.2) is 4.79 Å². The number of rotatable bonds is 7. The lowest BCUT2D eigenvalue weighted by Gasteiger charge is -2.07. The van der Waals surface area contributed by atoms with Crippen LogP contribution in [0.25, 0.3) is 0 Å². The van der Waals surface area contributed by atoms with Gasteiger partial charge in [-0.15, -0.1) is 0 Å². The highest BCUT2D eigenvalue weighted by Gasteiger charge is 2.20. The molecule has 1 N–H and O–H groups in total. The number of nitro groups is 2. The number of ether oxygens (including phenoxy) is 1. The second-order valence-electron chi connectivity index (χ2n) is 5.50. The normalized spacial score (nSPS) is 10.1. The van der Waals surface area contributed by atoms with Gasteiger partial charge in [-0.2, -0.15) is 0 Å². The van der Waals surface area contributed by atoms with Crippen LogP contribution in [0, 0.1) is 27.2 Å². The Morgan fingerprint density at radius 1 is 1.00 bits per heavy atom. The molecule has 0 aromatic heterocycles. The molecular weight excluding hydrogens is 358 g/mol. The highest BCUT2D eigenvalue weighted by molar-refractivity contribution is 6.00. The molecule has 0 bridgehead atoms. The van der Waals surface area contributed by atoms with E-state index in [9.17, 15) is 29.8 Å². The van der Waals surface area contributed by atoms with Gasteiger partial charge in [0, 0.05) is 30.3 Å². The van der Waals surface area contributed by atoms with Gasteiger partial charge in [-0.3, -0.25) is 25.0 Å². The van der Waals surface area contributed by atoms with Crippen LogP contribution in [-0.4, -0.2) is 35.3 Å². The number of nitro benzene ring substituents is 2. The van der Waals surface area contributed by atoms with Crippen LogP contribution < -0.4 is 5.32 Å². The SMILES string of the molecule is CNc1ccc(C(=O)OCC(=O)c2ccc(C)c([N+](=O)[O-])c2)cc1[N+](=O)[O-]. The third kappa shape index (κ3) is 4.42. The van der Waals surface area contributed by atoms with Crippen molar-refractivity contribution >= 4 is 28.8 Å². The smallest absolute Gasteiger partial charge is 0.338 e. The number of carbonyl (C=O) groups excluding carboxylic acids is 2. The van der Waals surface area contributed by atoms with Gasteiger partial charge in [0.1, 0.15) is 5.69 Å². The fourth-order valence-corrected chi connectivity index (χ4v) is 2.30. The number of anilines is 1. The molecule has 0 aliphatic heterocycles. The number of hydrogen-bond donors (Lipinski definition) is 1. The fourth-order valence-electron chi connectivity index (χ4n) is 2.30. The summed E-state index contributed by atoms with van der Waals surface area (Å²) in [5, 5.41) is 24.6. The molecule has 0 saturated carbocycles. The van der Waals surface area contributed by atoms with Gasteiger partial charge in [0.05, 0.1) is 15.4 Å². The maximum atomic E-state index is 12.1. The van der Waals surface area contributed by atoms with Gasteiger partial charge in [0.25, 0.3) is 11.4 Å². The first-order valence-electron chi connectivity index (χ1n) is 7.66. The number of esters is 1. The minimum absolute atomic E-state index is 0.0246. The van der Waals surface area contributed by atoms with Crippen LogP contribution in [0.15, 0.2) is 36.4 Å². The van der Waals surface area contributed by atoms with E-state index in [1.807, 2.05) is 0 Å². The summed E-state index contributed by atoms with van der Waals surface area (Å²) in [5.41, 5.74) is 0.0166. The first kappa shape index (κ1) is 19.5. The third-order valence-corrected chi connectivity index (χ3v) is 3.76. The summed E-state index contributed by atoms with van der Waals surface area (Å²) in [6, 6.07) is 7.63. The summed E-state index contributed by atoms with van der Waals surface area (Å²) >= 11 is 0. The number of aryl methyl sites for hydroxylation is 1. The molecule has 140 valence electrons. The Morgan fingerprint density at radius 3 is 2.19 bits per heavy atom. The molecule has 0 unspecified atom stereocenters. The third-order valence-electron chi connectivity index (χ3n) is 3.76. The molecule has 10 nitrogen and oxygen atoms in total. The first-order valence-corrected chi connectivity index (χ1v) is 7.66. The molecule has 27 heavy (non-hydrogen) atoms. The molecule has 0 aliphatic carbocycles. The lowest BCUT2D eigenvalue weighted by Crippen LogP contribution is -2.15. The summed E-state index contributed by atoms with van der Waals surface area (Å²) in [4.78, 5) is 44.9. The Morgan fingerprint density at radius 2 is 1.59 bits per heavy atom. The first-order chi connectivity index (χ1) is 12.7. The van der Waals surface area contributed by atoms with Crippen molar-refractivity contribution in [1.29, 1.82) is 0 Å². The zero-order valence-electron chi connectivity index (χ0n) is 14.4. The van der Waals surface area contributed by atoms with Crippen molar-refractivity contribution < 1.29 is 24.2 Å². The lowest BCUT2D eigenvalue weighted by molar-refractivity contribution is -0.385. The molecule has 2 rings (SSSR count). The number of benzene rings is 2. The molecule has 2 aromatic carbocycles. The monoisotopic (exact) mass is 373 g/mol. The molecule has 0 amide bonds. The van der Waals surface area contributed by atoms with E-state index >= 15 is 0 Å². The van der Waals surface area contributed by atoms with Gasteiger partial charge in [-0.05, 0) is 19.1 Å². The van der Waals surface area contributed by atoms with E-state index in [4.69, 9.17) is 4.74 Å². The molecule has 0 fully saturated rings. The number of hydrogen-bond acceptors (Lipinski definition) is 8. The van der Waals surface area contributed by atoms with E-state index in [0.29, 0.717) is 5.56 Å². The highest BCUT2D eigenvalue weighted by Crippen LogP contribution is 2.25. The Labute approximate surface area is 153 Å². The van der Waals surface area contributed by atoms with E-state index in [0.717, 1.165) is 12.1 Å². The van der Waals surface area contributed by atoms with Crippen molar-refractivity contribution in [3.63, 3.8) is 0 Å². The Kier molecular flexibility index (Phi) is 5.81. The van der Waals surface area contributed by atoms with Crippen LogP contribution in [0.1, 0.15) is 26.3 Å². The maximum absolute atomic E-state index is 12.1. The predicted molar refractivity (Wildman–Crippen MR) is 95.1 cm³/mol. The number of carbonyl (C=O) groups is 2. The average Bonchev–Trinajstić information content (AvgIpc) is 2.65. The molecule has 0 aliphatic rings. The van der Waals surface area contributed by atoms with Crippen LogP contribution in [0.2, 0.25) is 0 Å². The van der Waals surface area contributed by atoms with Crippen molar-refractivity contribution in [3.8, 4) is 0 Å². The zero-order valence-corrected chi connectivity index (χ0v) is 14.4. The number of nitrogens with one attached hydrogen (secondary N) is 1. The Hall–Kier alpha value is -3.82. The van der Waals surface area contributed by atoms with Gasteiger partial charge in [0.15, 0.2) is 6.61 Å². The predicted octanol–water partition coefficient (Wildman–Crippen LogP) is 2.89. The van der Waals surface area contributed by atoms with Crippen molar-refractivity contribution in [2.45, 2.75) is 6.92 Å². The average molecular weight is 373 g/mol. The number of Topliss-reactive ketones (excluding diaryl/α,β-unsaturated/α-hetero) is 1. The van der Waals surface area contributed by atoms with E-state index in [1.165, 1.54) is 38.2 Å². The van der Waals surface area contributed by atoms with Gasteiger partial charge < -0.3 is 10.1 Å². The van der Waals surface area contributed by atoms with Gasteiger partial charge in [0.2, 0.25) is 5.78 Å². The van der Waals surface area contributed by atoms with Crippen molar-refractivity contribution in [2.75, 3.05) is 19.0 Å². The van der Waals surface area contributed by atoms with Crippen LogP contribution in [0.4, 0.5) is 17.1 Å². The molecule has 0 radical (unpaired) electrons. The molecular formula is C17H15N3O7. The summed E-state index contributed by atoms with van der Waals surface area (Å²) in [5.74, 6) is -1.55. The second kappa shape index (κ2) is 8.04. The largest absolute Gasteiger partial charge is 0.454 e. The van der Waals surface area contributed by atoms with Crippen LogP contribution in [0.5, 0.6) is 0 Å². The topological polar surface area (TPSA) is 142 Å². The van der Waals surface area contributed by atoms with E-state index in [2.05, 4.69) is 5.32 Å². The van der Waals surface area contributed by atoms with Gasteiger partial charge in [-0.1, -0.05) is 12.1 Å². The van der Waals surface area contributed by atoms with E-state index in [1.54, 1.807) is 0 Å². The lowest BCUT2D eigenvalue weighted by atomic mass is 10.1. The summed E-state index contributed by atoms with van der Waals surface area (Å²) < 4.78 is 4.88. The minimum atomic E-state index is -0.921. The van der Waals surface area contributed by atoms with E-state index < -0.39 is 28.2 Å². The molecule has 2 aromatic rings. The molecule has 0 spiro atoms. The summed E-state index contributed by atoms with van der Waals surface area (Å²) in [6.45, 7) is 0.884. The molecule has 10 heteroatoms. The summed E-state index contributed by atoms with van der Waals surface area (Å²) in [7, 11) is 1.50. The van der Waals surface area contributed by atoms with Crippen LogP contribution >= 0.6 is 0 Å². The summed E-state index contributed by atoms with van der Waals surface area (Å²) in [6.07, 6.45) is 0. The second-order valence-corrected chi connectivity index (χ2v) is 5.50. The van der Waals surface area contributed by atoms with Crippen molar-refractivity contribution in [3.05, 3.63) is 73.3 Å². The Bertz CT molecular complexity index is 940. The molecule has 0 saturated heterocycles.